The van der Waals surface area contributed by atoms with E-state index in [9.17, 15) is 9.59 Å². The molecule has 0 aliphatic heterocycles. The Labute approximate surface area is 120 Å². The van der Waals surface area contributed by atoms with Crippen LogP contribution in [0.1, 0.15) is 47.5 Å². The first kappa shape index (κ1) is 13.8. The predicted octanol–water partition coefficient (Wildman–Crippen LogP) is 3.14. The summed E-state index contributed by atoms with van der Waals surface area (Å²) in [4.78, 5) is 24.2. The minimum absolute atomic E-state index is 0.131. The number of carbonyl (C=O) groups excluding carboxylic acids is 2. The van der Waals surface area contributed by atoms with Crippen molar-refractivity contribution in [2.75, 3.05) is 0 Å². The number of ether oxygens (including phenoxy) is 1. The summed E-state index contributed by atoms with van der Waals surface area (Å²) in [6, 6.07) is 0. The van der Waals surface area contributed by atoms with Crippen molar-refractivity contribution in [1.82, 2.24) is 0 Å². The molecule has 2 fully saturated rings. The molecule has 0 aromatic carbocycles. The number of hydrogen-bond donors (Lipinski definition) is 0. The molecule has 0 radical (unpaired) electrons. The molecule has 0 N–H and O–H groups in total. The summed E-state index contributed by atoms with van der Waals surface area (Å²) in [5, 5.41) is 0. The summed E-state index contributed by atoms with van der Waals surface area (Å²) in [6.07, 6.45) is 5.80. The van der Waals surface area contributed by atoms with Crippen molar-refractivity contribution < 1.29 is 14.3 Å². The van der Waals surface area contributed by atoms with E-state index in [0.29, 0.717) is 11.8 Å². The van der Waals surface area contributed by atoms with Gasteiger partial charge in [0.15, 0.2) is 5.78 Å². The Morgan fingerprint density at radius 1 is 1.30 bits per heavy atom. The van der Waals surface area contributed by atoms with Crippen LogP contribution in [0.3, 0.4) is 0 Å². The van der Waals surface area contributed by atoms with E-state index in [2.05, 4.69) is 26.8 Å². The molecule has 2 saturated carbocycles. The molecular formula is C17H24O3. The monoisotopic (exact) mass is 276 g/mol. The lowest BCUT2D eigenvalue weighted by molar-refractivity contribution is -0.163. The summed E-state index contributed by atoms with van der Waals surface area (Å²) in [5.74, 6) is 0.710. The van der Waals surface area contributed by atoms with E-state index in [0.717, 1.165) is 12.8 Å². The number of allylic oxidation sites excluding steroid dienone is 2. The number of hydrogen-bond acceptors (Lipinski definition) is 3. The molecule has 0 saturated heterocycles. The van der Waals surface area contributed by atoms with Crippen LogP contribution in [0, 0.1) is 28.1 Å². The Morgan fingerprint density at radius 3 is 2.55 bits per heavy atom. The van der Waals surface area contributed by atoms with Crippen molar-refractivity contribution in [3.8, 4) is 0 Å². The van der Waals surface area contributed by atoms with E-state index in [1.807, 2.05) is 6.92 Å². The molecule has 110 valence electrons. The largest absolute Gasteiger partial charge is 0.461 e. The van der Waals surface area contributed by atoms with Crippen LogP contribution in [0.15, 0.2) is 12.2 Å². The fourth-order valence-corrected chi connectivity index (χ4v) is 5.87. The summed E-state index contributed by atoms with van der Waals surface area (Å²) in [6.45, 7) is 10.0. The van der Waals surface area contributed by atoms with Crippen LogP contribution >= 0.6 is 0 Å². The van der Waals surface area contributed by atoms with Gasteiger partial charge in [-0.2, -0.15) is 0 Å². The SMILES string of the molecule is CC(=O)O[C@@H]1C(C)(C)C2CC[C@@H](C)C23C=CC(=O)[C@@]13C. The minimum Gasteiger partial charge on any atom is -0.461 e. The molecule has 0 bridgehead atoms. The molecule has 0 heterocycles. The van der Waals surface area contributed by atoms with Crippen LogP contribution in [0.2, 0.25) is 0 Å². The van der Waals surface area contributed by atoms with Crippen LogP contribution in [0.5, 0.6) is 0 Å². The first-order chi connectivity index (χ1) is 9.19. The number of carbonyl (C=O) groups is 2. The molecule has 3 heteroatoms. The fourth-order valence-electron chi connectivity index (χ4n) is 5.87. The number of ketones is 1. The van der Waals surface area contributed by atoms with Gasteiger partial charge in [-0.25, -0.2) is 0 Å². The van der Waals surface area contributed by atoms with Gasteiger partial charge in [-0.3, -0.25) is 9.59 Å². The van der Waals surface area contributed by atoms with Gasteiger partial charge in [-0.15, -0.1) is 0 Å². The summed E-state index contributed by atoms with van der Waals surface area (Å²) >= 11 is 0. The Balaban J connectivity index is 2.20. The van der Waals surface area contributed by atoms with Gasteiger partial charge in [0.1, 0.15) is 6.10 Å². The highest BCUT2D eigenvalue weighted by Gasteiger charge is 2.77. The topological polar surface area (TPSA) is 43.4 Å². The molecule has 3 nitrogen and oxygen atoms in total. The zero-order valence-corrected chi connectivity index (χ0v) is 13.0. The van der Waals surface area contributed by atoms with Crippen LogP contribution in [0.4, 0.5) is 0 Å². The van der Waals surface area contributed by atoms with Gasteiger partial charge in [-0.1, -0.05) is 26.8 Å². The standard InChI is InChI=1S/C17H24O3/c1-10-6-7-12-15(3,4)14(20-11(2)18)16(5)13(19)8-9-17(10,12)16/h8-10,12,14H,6-7H2,1-5H3/t10-,12?,14-,16+,17?/m1/s1. The van der Waals surface area contributed by atoms with Gasteiger partial charge < -0.3 is 4.74 Å². The van der Waals surface area contributed by atoms with Gasteiger partial charge in [-0.05, 0) is 37.7 Å². The molecule has 0 amide bonds. The van der Waals surface area contributed by atoms with E-state index in [1.54, 1.807) is 6.08 Å². The van der Waals surface area contributed by atoms with Gasteiger partial charge >= 0.3 is 5.97 Å². The van der Waals surface area contributed by atoms with Crippen LogP contribution in [-0.2, 0) is 14.3 Å². The highest BCUT2D eigenvalue weighted by Crippen LogP contribution is 2.75. The highest BCUT2D eigenvalue weighted by molar-refractivity contribution is 6.00. The molecule has 0 aromatic rings. The van der Waals surface area contributed by atoms with Crippen LogP contribution in [0.25, 0.3) is 0 Å². The number of rotatable bonds is 1. The van der Waals surface area contributed by atoms with E-state index < -0.39 is 5.41 Å². The third-order valence-corrected chi connectivity index (χ3v) is 6.58. The number of esters is 1. The maximum absolute atomic E-state index is 12.7. The van der Waals surface area contributed by atoms with E-state index in [4.69, 9.17) is 4.74 Å². The Kier molecular flexibility index (Phi) is 2.59. The lowest BCUT2D eigenvalue weighted by Crippen LogP contribution is -2.48. The Bertz CT molecular complexity index is 518. The van der Waals surface area contributed by atoms with Crippen molar-refractivity contribution in [2.45, 2.75) is 53.6 Å². The molecule has 5 atom stereocenters. The van der Waals surface area contributed by atoms with Crippen molar-refractivity contribution in [3.63, 3.8) is 0 Å². The van der Waals surface area contributed by atoms with Crippen molar-refractivity contribution >= 4 is 11.8 Å². The maximum Gasteiger partial charge on any atom is 0.302 e. The summed E-state index contributed by atoms with van der Waals surface area (Å²) < 4.78 is 5.69. The highest BCUT2D eigenvalue weighted by atomic mass is 16.5. The van der Waals surface area contributed by atoms with Crippen molar-refractivity contribution in [2.24, 2.45) is 28.1 Å². The molecule has 2 unspecified atom stereocenters. The molecule has 0 aromatic heterocycles. The third kappa shape index (κ3) is 1.23. The smallest absolute Gasteiger partial charge is 0.302 e. The molecule has 3 aliphatic carbocycles. The lowest BCUT2D eigenvalue weighted by atomic mass is 9.61. The Hall–Kier alpha value is -1.12. The van der Waals surface area contributed by atoms with Gasteiger partial charge in [0.05, 0.1) is 5.41 Å². The molecule has 1 spiro atoms. The van der Waals surface area contributed by atoms with E-state index >= 15 is 0 Å². The zero-order valence-electron chi connectivity index (χ0n) is 13.0. The molecule has 20 heavy (non-hydrogen) atoms. The molecule has 3 rings (SSSR count). The third-order valence-electron chi connectivity index (χ3n) is 6.58. The van der Waals surface area contributed by atoms with E-state index in [-0.39, 0.29) is 28.7 Å². The van der Waals surface area contributed by atoms with Gasteiger partial charge in [0.2, 0.25) is 0 Å². The molecular weight excluding hydrogens is 252 g/mol. The fraction of sp³-hybridized carbons (Fsp3) is 0.765. The first-order valence-electron chi connectivity index (χ1n) is 7.60. The first-order valence-corrected chi connectivity index (χ1v) is 7.60. The second kappa shape index (κ2) is 3.75. The summed E-state index contributed by atoms with van der Waals surface area (Å²) in [5.41, 5.74) is -0.887. The Morgan fingerprint density at radius 2 is 1.95 bits per heavy atom. The van der Waals surface area contributed by atoms with Crippen LogP contribution in [-0.4, -0.2) is 17.9 Å². The van der Waals surface area contributed by atoms with E-state index in [1.165, 1.54) is 6.92 Å². The van der Waals surface area contributed by atoms with Crippen LogP contribution < -0.4 is 0 Å². The predicted molar refractivity (Wildman–Crippen MR) is 75.9 cm³/mol. The van der Waals surface area contributed by atoms with Gasteiger partial charge in [0, 0.05) is 17.8 Å². The zero-order chi connectivity index (χ0) is 14.9. The minimum atomic E-state index is -0.594. The lowest BCUT2D eigenvalue weighted by Gasteiger charge is -2.41. The van der Waals surface area contributed by atoms with Crippen molar-refractivity contribution in [1.29, 1.82) is 0 Å². The second-order valence-electron chi connectivity index (χ2n) is 7.67. The summed E-state index contributed by atoms with van der Waals surface area (Å²) in [7, 11) is 0. The van der Waals surface area contributed by atoms with Crippen molar-refractivity contribution in [3.05, 3.63) is 12.2 Å². The van der Waals surface area contributed by atoms with Gasteiger partial charge in [0.25, 0.3) is 0 Å². The normalized spacial score (nSPS) is 48.2. The maximum atomic E-state index is 12.7. The average molecular weight is 276 g/mol. The molecule has 3 aliphatic rings. The second-order valence-corrected chi connectivity index (χ2v) is 7.67. The quantitative estimate of drug-likeness (QED) is 0.691. The average Bonchev–Trinajstić information content (AvgIpc) is 2.86.